The monoisotopic (exact) mass is 295 g/mol. The third-order valence-electron chi connectivity index (χ3n) is 4.00. The lowest BCUT2D eigenvalue weighted by molar-refractivity contribution is 0.405. The van der Waals surface area contributed by atoms with Crippen molar-refractivity contribution in [2.24, 2.45) is 7.05 Å². The lowest BCUT2D eigenvalue weighted by atomic mass is 10.2. The first-order valence-corrected chi connectivity index (χ1v) is 7.47. The predicted octanol–water partition coefficient (Wildman–Crippen LogP) is 3.43. The van der Waals surface area contributed by atoms with Gasteiger partial charge >= 0.3 is 0 Å². The van der Waals surface area contributed by atoms with Gasteiger partial charge in [0.1, 0.15) is 11.6 Å². The van der Waals surface area contributed by atoms with Crippen LogP contribution in [0, 0.1) is 0 Å². The predicted molar refractivity (Wildman–Crippen MR) is 89.0 cm³/mol. The molecule has 1 aromatic heterocycles. The minimum Gasteiger partial charge on any atom is -0.496 e. The maximum absolute atomic E-state index is 5.39. The zero-order chi connectivity index (χ0) is 15.5. The Bertz CT molecular complexity index is 779. The largest absolute Gasteiger partial charge is 0.496 e. The quantitative estimate of drug-likeness (QED) is 0.784. The van der Waals surface area contributed by atoms with Crippen molar-refractivity contribution in [3.8, 4) is 5.75 Å². The van der Waals surface area contributed by atoms with Crippen molar-refractivity contribution in [3.63, 3.8) is 0 Å². The Morgan fingerprint density at radius 1 is 1.14 bits per heavy atom. The van der Waals surface area contributed by atoms with E-state index in [9.17, 15) is 0 Å². The second-order valence-corrected chi connectivity index (χ2v) is 5.43. The molecule has 4 heteroatoms. The fraction of sp³-hybridized carbons (Fsp3) is 0.278. The highest BCUT2D eigenvalue weighted by atomic mass is 16.5. The van der Waals surface area contributed by atoms with Gasteiger partial charge in [0.2, 0.25) is 0 Å². The minimum absolute atomic E-state index is 0.155. The molecule has 4 nitrogen and oxygen atoms in total. The first kappa shape index (κ1) is 14.6. The second-order valence-electron chi connectivity index (χ2n) is 5.43. The smallest absolute Gasteiger partial charge is 0.126 e. The van der Waals surface area contributed by atoms with Crippen LogP contribution in [0.4, 0.5) is 0 Å². The highest BCUT2D eigenvalue weighted by Gasteiger charge is 2.14. The topological polar surface area (TPSA) is 39.1 Å². The van der Waals surface area contributed by atoms with Crippen LogP contribution in [-0.2, 0) is 13.6 Å². The fourth-order valence-electron chi connectivity index (χ4n) is 2.75. The van der Waals surface area contributed by atoms with E-state index in [1.54, 1.807) is 7.11 Å². The van der Waals surface area contributed by atoms with E-state index in [0.29, 0.717) is 0 Å². The molecule has 1 atom stereocenters. The molecule has 0 saturated heterocycles. The maximum Gasteiger partial charge on any atom is 0.126 e. The summed E-state index contributed by atoms with van der Waals surface area (Å²) in [5.74, 6) is 1.95. The highest BCUT2D eigenvalue weighted by Crippen LogP contribution is 2.21. The van der Waals surface area contributed by atoms with Crippen molar-refractivity contribution in [3.05, 3.63) is 59.9 Å². The number of hydrogen-bond donors (Lipinski definition) is 1. The van der Waals surface area contributed by atoms with E-state index in [1.165, 1.54) is 0 Å². The lowest BCUT2D eigenvalue weighted by Gasteiger charge is -2.15. The molecule has 22 heavy (non-hydrogen) atoms. The van der Waals surface area contributed by atoms with Gasteiger partial charge in [0, 0.05) is 19.2 Å². The molecule has 2 aromatic carbocycles. The summed E-state index contributed by atoms with van der Waals surface area (Å²) in [4.78, 5) is 4.74. The number of rotatable bonds is 5. The van der Waals surface area contributed by atoms with Crippen LogP contribution in [0.25, 0.3) is 11.0 Å². The van der Waals surface area contributed by atoms with Crippen LogP contribution in [0.5, 0.6) is 5.75 Å². The van der Waals surface area contributed by atoms with Crippen molar-refractivity contribution in [2.45, 2.75) is 19.5 Å². The van der Waals surface area contributed by atoms with Crippen molar-refractivity contribution >= 4 is 11.0 Å². The van der Waals surface area contributed by atoms with Crippen LogP contribution >= 0.6 is 0 Å². The first-order valence-electron chi connectivity index (χ1n) is 7.47. The highest BCUT2D eigenvalue weighted by molar-refractivity contribution is 5.75. The SMILES string of the molecule is COc1ccccc1CNC(C)c1nc2ccccc2n1C. The number of para-hydroxylation sites is 3. The van der Waals surface area contributed by atoms with Crippen LogP contribution in [0.3, 0.4) is 0 Å². The van der Waals surface area contributed by atoms with Crippen molar-refractivity contribution in [1.29, 1.82) is 0 Å². The number of nitrogens with zero attached hydrogens (tertiary/aromatic N) is 2. The van der Waals surface area contributed by atoms with Gasteiger partial charge in [-0.25, -0.2) is 4.98 Å². The Labute approximate surface area is 130 Å². The van der Waals surface area contributed by atoms with Gasteiger partial charge in [0.25, 0.3) is 0 Å². The number of aryl methyl sites for hydroxylation is 1. The summed E-state index contributed by atoms with van der Waals surface area (Å²) in [6.45, 7) is 2.88. The van der Waals surface area contributed by atoms with Crippen LogP contribution < -0.4 is 10.1 Å². The summed E-state index contributed by atoms with van der Waals surface area (Å²) in [5.41, 5.74) is 3.34. The number of nitrogens with one attached hydrogen (secondary N) is 1. The van der Waals surface area contributed by atoms with E-state index in [0.717, 1.165) is 34.7 Å². The van der Waals surface area contributed by atoms with E-state index in [-0.39, 0.29) is 6.04 Å². The molecule has 0 radical (unpaired) electrons. The molecule has 0 aliphatic carbocycles. The summed E-state index contributed by atoms with van der Waals surface area (Å²) in [5, 5.41) is 3.53. The molecule has 0 bridgehead atoms. The molecule has 1 heterocycles. The number of ether oxygens (including phenoxy) is 1. The third kappa shape index (κ3) is 2.70. The van der Waals surface area contributed by atoms with Gasteiger partial charge in [0.05, 0.1) is 24.2 Å². The maximum atomic E-state index is 5.39. The van der Waals surface area contributed by atoms with Gasteiger partial charge in [-0.1, -0.05) is 30.3 Å². The van der Waals surface area contributed by atoms with E-state index in [2.05, 4.69) is 36.0 Å². The molecule has 0 fully saturated rings. The lowest BCUT2D eigenvalue weighted by Crippen LogP contribution is -2.21. The Balaban J connectivity index is 1.79. The van der Waals surface area contributed by atoms with Crippen molar-refractivity contribution < 1.29 is 4.74 Å². The molecule has 0 saturated carbocycles. The van der Waals surface area contributed by atoms with Crippen molar-refractivity contribution in [1.82, 2.24) is 14.9 Å². The Morgan fingerprint density at radius 3 is 2.64 bits per heavy atom. The summed E-state index contributed by atoms with van der Waals surface area (Å²) >= 11 is 0. The molecule has 114 valence electrons. The molecule has 3 rings (SSSR count). The zero-order valence-corrected chi connectivity index (χ0v) is 13.2. The number of aromatic nitrogens is 2. The van der Waals surface area contributed by atoms with Crippen LogP contribution in [-0.4, -0.2) is 16.7 Å². The van der Waals surface area contributed by atoms with Gasteiger partial charge in [-0.2, -0.15) is 0 Å². The molecule has 3 aromatic rings. The molecular weight excluding hydrogens is 274 g/mol. The Kier molecular flexibility index (Phi) is 4.11. The summed E-state index contributed by atoms with van der Waals surface area (Å²) in [6, 6.07) is 16.4. The molecular formula is C18H21N3O. The van der Waals surface area contributed by atoms with Gasteiger partial charge in [-0.15, -0.1) is 0 Å². The molecule has 1 N–H and O–H groups in total. The minimum atomic E-state index is 0.155. The van der Waals surface area contributed by atoms with E-state index in [1.807, 2.05) is 36.4 Å². The summed E-state index contributed by atoms with van der Waals surface area (Å²) < 4.78 is 7.54. The standard InChI is InChI=1S/C18H21N3O/c1-13(19-12-14-8-4-7-11-17(14)22-3)18-20-15-9-5-6-10-16(15)21(18)2/h4-11,13,19H,12H2,1-3H3. The molecule has 0 amide bonds. The van der Waals surface area contributed by atoms with Gasteiger partial charge in [0.15, 0.2) is 0 Å². The second kappa shape index (κ2) is 6.20. The molecule has 0 spiro atoms. The van der Waals surface area contributed by atoms with E-state index in [4.69, 9.17) is 9.72 Å². The average Bonchev–Trinajstić information content (AvgIpc) is 2.90. The third-order valence-corrected chi connectivity index (χ3v) is 4.00. The van der Waals surface area contributed by atoms with Gasteiger partial charge in [-0.3, -0.25) is 0 Å². The number of imidazole rings is 1. The van der Waals surface area contributed by atoms with Crippen LogP contribution in [0.15, 0.2) is 48.5 Å². The van der Waals surface area contributed by atoms with E-state index < -0.39 is 0 Å². The normalized spacial score (nSPS) is 12.5. The first-order chi connectivity index (χ1) is 10.7. The Morgan fingerprint density at radius 2 is 1.86 bits per heavy atom. The fourth-order valence-corrected chi connectivity index (χ4v) is 2.75. The van der Waals surface area contributed by atoms with Gasteiger partial charge in [-0.05, 0) is 25.1 Å². The van der Waals surface area contributed by atoms with Crippen LogP contribution in [0.1, 0.15) is 24.4 Å². The van der Waals surface area contributed by atoms with Crippen LogP contribution in [0.2, 0.25) is 0 Å². The van der Waals surface area contributed by atoms with Crippen molar-refractivity contribution in [2.75, 3.05) is 7.11 Å². The molecule has 0 aliphatic rings. The van der Waals surface area contributed by atoms with Gasteiger partial charge < -0.3 is 14.6 Å². The number of fused-ring (bicyclic) bond motifs is 1. The Hall–Kier alpha value is -2.33. The number of hydrogen-bond acceptors (Lipinski definition) is 3. The molecule has 0 aliphatic heterocycles. The van der Waals surface area contributed by atoms with E-state index >= 15 is 0 Å². The molecule has 1 unspecified atom stereocenters. The number of methoxy groups -OCH3 is 1. The number of benzene rings is 2. The zero-order valence-electron chi connectivity index (χ0n) is 13.2. The summed E-state index contributed by atoms with van der Waals surface area (Å²) in [6.07, 6.45) is 0. The summed E-state index contributed by atoms with van der Waals surface area (Å²) in [7, 11) is 3.76. The average molecular weight is 295 g/mol.